The van der Waals surface area contributed by atoms with Crippen molar-refractivity contribution in [3.8, 4) is 11.4 Å². The lowest BCUT2D eigenvalue weighted by Crippen LogP contribution is -2.03. The van der Waals surface area contributed by atoms with Gasteiger partial charge in [0, 0.05) is 33.3 Å². The number of pyridine rings is 1. The second-order valence-electron chi connectivity index (χ2n) is 6.53. The number of imidazole rings is 1. The first-order valence-electron chi connectivity index (χ1n) is 8.47. The van der Waals surface area contributed by atoms with Crippen LogP contribution >= 0.6 is 11.3 Å². The Morgan fingerprint density at radius 1 is 0.920 bits per heavy atom. The Morgan fingerprint density at radius 3 is 2.64 bits per heavy atom. The molecule has 122 valence electrons. The first-order valence-corrected chi connectivity index (χ1v) is 9.29. The molecular formula is C21H17N3S. The molecule has 0 atom stereocenters. The number of rotatable bonds is 2. The van der Waals surface area contributed by atoms with Crippen molar-refractivity contribution in [3.63, 3.8) is 0 Å². The lowest BCUT2D eigenvalue weighted by Gasteiger charge is -2.13. The number of fused-ring (bicyclic) bond motifs is 4. The molecule has 3 aromatic heterocycles. The van der Waals surface area contributed by atoms with Crippen molar-refractivity contribution < 1.29 is 0 Å². The summed E-state index contributed by atoms with van der Waals surface area (Å²) >= 11 is 1.75. The first kappa shape index (κ1) is 14.6. The van der Waals surface area contributed by atoms with E-state index in [-0.39, 0.29) is 0 Å². The molecule has 0 spiro atoms. The number of hydrogen-bond acceptors (Lipinski definition) is 3. The molecule has 3 heterocycles. The summed E-state index contributed by atoms with van der Waals surface area (Å²) in [5.41, 5.74) is 3.41. The predicted molar refractivity (Wildman–Crippen MR) is 106 cm³/mol. The zero-order valence-electron chi connectivity index (χ0n) is 14.1. The standard InChI is InChI=1S/C21H17N3S/c1-13(2)24-18-11-4-3-10-17(18)23-20(24)16-8-5-7-14-15-9-6-12-22-21(15)25-19(14)16/h3-13H,1-2H3. The maximum atomic E-state index is 4.97. The molecule has 0 saturated carbocycles. The lowest BCUT2D eigenvalue weighted by molar-refractivity contribution is 0.625. The van der Waals surface area contributed by atoms with Crippen molar-refractivity contribution in [2.45, 2.75) is 19.9 Å². The van der Waals surface area contributed by atoms with E-state index in [1.807, 2.05) is 18.3 Å². The van der Waals surface area contributed by atoms with Gasteiger partial charge in [0.1, 0.15) is 10.7 Å². The van der Waals surface area contributed by atoms with Crippen LogP contribution in [-0.2, 0) is 0 Å². The summed E-state index contributed by atoms with van der Waals surface area (Å²) in [4.78, 5) is 10.6. The zero-order valence-corrected chi connectivity index (χ0v) is 14.9. The molecule has 0 radical (unpaired) electrons. The van der Waals surface area contributed by atoms with Crippen molar-refractivity contribution in [1.82, 2.24) is 14.5 Å². The highest BCUT2D eigenvalue weighted by Crippen LogP contribution is 2.40. The summed E-state index contributed by atoms with van der Waals surface area (Å²) in [6.45, 7) is 4.43. The van der Waals surface area contributed by atoms with Crippen molar-refractivity contribution in [1.29, 1.82) is 0 Å². The normalized spacial score (nSPS) is 12.0. The maximum absolute atomic E-state index is 4.97. The quantitative estimate of drug-likeness (QED) is 0.391. The van der Waals surface area contributed by atoms with Crippen molar-refractivity contribution in [2.75, 3.05) is 0 Å². The van der Waals surface area contributed by atoms with Gasteiger partial charge in [-0.25, -0.2) is 9.97 Å². The zero-order chi connectivity index (χ0) is 17.0. The number of nitrogens with zero attached hydrogens (tertiary/aromatic N) is 3. The molecule has 0 aliphatic heterocycles. The van der Waals surface area contributed by atoms with Gasteiger partial charge in [0.2, 0.25) is 0 Å². The second kappa shape index (κ2) is 5.39. The fourth-order valence-electron chi connectivity index (χ4n) is 3.57. The van der Waals surface area contributed by atoms with Crippen LogP contribution in [0.2, 0.25) is 0 Å². The Kier molecular flexibility index (Phi) is 3.15. The Balaban J connectivity index is 1.90. The van der Waals surface area contributed by atoms with E-state index >= 15 is 0 Å². The molecule has 4 heteroatoms. The van der Waals surface area contributed by atoms with Gasteiger partial charge in [-0.15, -0.1) is 11.3 Å². The summed E-state index contributed by atoms with van der Waals surface area (Å²) in [5, 5.41) is 2.48. The third kappa shape index (κ3) is 2.11. The molecule has 0 aliphatic rings. The molecule has 0 bridgehead atoms. The average molecular weight is 343 g/mol. The monoisotopic (exact) mass is 343 g/mol. The number of thiophene rings is 1. The minimum atomic E-state index is 0.338. The van der Waals surface area contributed by atoms with Gasteiger partial charge in [-0.1, -0.05) is 24.3 Å². The predicted octanol–water partition coefficient (Wildman–Crippen LogP) is 6.05. The van der Waals surface area contributed by atoms with Crippen molar-refractivity contribution in [3.05, 3.63) is 60.8 Å². The van der Waals surface area contributed by atoms with Crippen LogP contribution in [0.3, 0.4) is 0 Å². The van der Waals surface area contributed by atoms with Crippen LogP contribution in [0.1, 0.15) is 19.9 Å². The van der Waals surface area contributed by atoms with Gasteiger partial charge in [-0.2, -0.15) is 0 Å². The highest BCUT2D eigenvalue weighted by Gasteiger charge is 2.18. The highest BCUT2D eigenvalue weighted by atomic mass is 32.1. The van der Waals surface area contributed by atoms with E-state index in [0.29, 0.717) is 6.04 Å². The summed E-state index contributed by atoms with van der Waals surface area (Å²) < 4.78 is 3.59. The second-order valence-corrected chi connectivity index (χ2v) is 7.53. The fraction of sp³-hybridized carbons (Fsp3) is 0.143. The molecule has 0 aliphatic carbocycles. The summed E-state index contributed by atoms with van der Waals surface area (Å²) in [7, 11) is 0. The van der Waals surface area contributed by atoms with E-state index in [2.05, 4.69) is 65.9 Å². The van der Waals surface area contributed by atoms with Gasteiger partial charge >= 0.3 is 0 Å². The number of para-hydroxylation sites is 2. The van der Waals surface area contributed by atoms with Crippen LogP contribution in [0.4, 0.5) is 0 Å². The molecule has 0 N–H and O–H groups in total. The van der Waals surface area contributed by atoms with E-state index < -0.39 is 0 Å². The van der Waals surface area contributed by atoms with Crippen LogP contribution in [0.25, 0.3) is 42.7 Å². The molecule has 5 rings (SSSR count). The third-order valence-electron chi connectivity index (χ3n) is 4.63. The summed E-state index contributed by atoms with van der Waals surface area (Å²) in [6, 6.07) is 19.3. The fourth-order valence-corrected chi connectivity index (χ4v) is 4.72. The molecule has 25 heavy (non-hydrogen) atoms. The van der Waals surface area contributed by atoms with Crippen LogP contribution in [-0.4, -0.2) is 14.5 Å². The minimum absolute atomic E-state index is 0.338. The Bertz CT molecular complexity index is 1230. The van der Waals surface area contributed by atoms with Gasteiger partial charge < -0.3 is 4.57 Å². The number of aromatic nitrogens is 3. The van der Waals surface area contributed by atoms with Gasteiger partial charge in [0.15, 0.2) is 0 Å². The summed E-state index contributed by atoms with van der Waals surface area (Å²) in [5.74, 6) is 1.04. The molecule has 0 unspecified atom stereocenters. The Hall–Kier alpha value is -2.72. The van der Waals surface area contributed by atoms with Crippen LogP contribution < -0.4 is 0 Å². The maximum Gasteiger partial charge on any atom is 0.142 e. The van der Waals surface area contributed by atoms with E-state index in [4.69, 9.17) is 4.98 Å². The Morgan fingerprint density at radius 2 is 1.76 bits per heavy atom. The smallest absolute Gasteiger partial charge is 0.142 e. The first-order chi connectivity index (χ1) is 12.2. The van der Waals surface area contributed by atoms with Gasteiger partial charge in [-0.05, 0) is 44.2 Å². The lowest BCUT2D eigenvalue weighted by atomic mass is 10.1. The SMILES string of the molecule is CC(C)n1c(-c2cccc3c2sc2ncccc23)nc2ccccc21. The van der Waals surface area contributed by atoms with E-state index in [0.717, 1.165) is 16.2 Å². The van der Waals surface area contributed by atoms with E-state index in [9.17, 15) is 0 Å². The van der Waals surface area contributed by atoms with Crippen molar-refractivity contribution >= 4 is 42.7 Å². The molecule has 5 aromatic rings. The van der Waals surface area contributed by atoms with Gasteiger partial charge in [0.05, 0.1) is 11.0 Å². The molecule has 3 nitrogen and oxygen atoms in total. The summed E-state index contributed by atoms with van der Waals surface area (Å²) in [6.07, 6.45) is 1.86. The topological polar surface area (TPSA) is 30.7 Å². The molecule has 0 saturated heterocycles. The van der Waals surface area contributed by atoms with Crippen LogP contribution in [0.15, 0.2) is 60.8 Å². The average Bonchev–Trinajstić information content (AvgIpc) is 3.20. The van der Waals surface area contributed by atoms with Gasteiger partial charge in [0.25, 0.3) is 0 Å². The number of benzene rings is 2. The highest BCUT2D eigenvalue weighted by molar-refractivity contribution is 7.26. The van der Waals surface area contributed by atoms with E-state index in [1.165, 1.54) is 26.6 Å². The minimum Gasteiger partial charge on any atom is -0.321 e. The molecular weight excluding hydrogens is 326 g/mol. The molecule has 0 amide bonds. The molecule has 2 aromatic carbocycles. The Labute approximate surface area is 149 Å². The molecule has 0 fully saturated rings. The largest absolute Gasteiger partial charge is 0.321 e. The van der Waals surface area contributed by atoms with Crippen LogP contribution in [0.5, 0.6) is 0 Å². The van der Waals surface area contributed by atoms with E-state index in [1.54, 1.807) is 11.3 Å². The number of hydrogen-bond donors (Lipinski definition) is 0. The van der Waals surface area contributed by atoms with Gasteiger partial charge in [-0.3, -0.25) is 0 Å². The third-order valence-corrected chi connectivity index (χ3v) is 5.79. The van der Waals surface area contributed by atoms with Crippen molar-refractivity contribution in [2.24, 2.45) is 0 Å². The van der Waals surface area contributed by atoms with Crippen LogP contribution in [0, 0.1) is 0 Å².